The second kappa shape index (κ2) is 5.27. The van der Waals surface area contributed by atoms with E-state index < -0.39 is 17.7 Å². The summed E-state index contributed by atoms with van der Waals surface area (Å²) < 4.78 is 0. The minimum Gasteiger partial charge on any atom is -0.278 e. The van der Waals surface area contributed by atoms with Crippen molar-refractivity contribution in [3.05, 3.63) is 65.2 Å². The zero-order chi connectivity index (χ0) is 16.8. The Morgan fingerprint density at radius 1 is 0.917 bits per heavy atom. The largest absolute Gasteiger partial charge is 0.292 e. The number of hydroxylamine groups is 2. The summed E-state index contributed by atoms with van der Waals surface area (Å²) in [6.07, 6.45) is 0.250. The van der Waals surface area contributed by atoms with E-state index in [-0.39, 0.29) is 23.0 Å². The molecule has 2 aromatic carbocycles. The standard InChI is InChI=1S/C19H13NO4/c21-10-17-16(18(22)20(24)19(17)23)9-15-13-7-3-1-5-11(13)12-6-2-4-8-14(12)15/h1-8,15-16,24H,9H2. The molecule has 2 amide bonds. The molecule has 1 saturated heterocycles. The van der Waals surface area contributed by atoms with Gasteiger partial charge in [0.15, 0.2) is 0 Å². The van der Waals surface area contributed by atoms with Crippen LogP contribution in [-0.2, 0) is 14.4 Å². The predicted octanol–water partition coefficient (Wildman–Crippen LogP) is 2.32. The SMILES string of the molecule is O=C=C1C(=O)N(O)C(=O)C1CC1c2ccccc2-c2ccccc21. The first kappa shape index (κ1) is 14.6. The van der Waals surface area contributed by atoms with Crippen molar-refractivity contribution < 1.29 is 19.6 Å². The van der Waals surface area contributed by atoms with Crippen molar-refractivity contribution in [2.75, 3.05) is 0 Å². The Bertz CT molecular complexity index is 881. The van der Waals surface area contributed by atoms with Gasteiger partial charge in [0.25, 0.3) is 11.8 Å². The number of nitrogens with zero attached hydrogens (tertiary/aromatic N) is 1. The van der Waals surface area contributed by atoms with Crippen LogP contribution in [0.15, 0.2) is 54.1 Å². The second-order valence-electron chi connectivity index (χ2n) is 5.99. The molecule has 5 nitrogen and oxygen atoms in total. The van der Waals surface area contributed by atoms with Crippen molar-refractivity contribution in [3.63, 3.8) is 0 Å². The number of hydrogen-bond acceptors (Lipinski definition) is 4. The van der Waals surface area contributed by atoms with E-state index in [1.54, 1.807) is 5.94 Å². The van der Waals surface area contributed by atoms with E-state index in [0.29, 0.717) is 0 Å². The van der Waals surface area contributed by atoms with E-state index in [1.807, 2.05) is 48.5 Å². The summed E-state index contributed by atoms with van der Waals surface area (Å²) in [4.78, 5) is 35.0. The van der Waals surface area contributed by atoms with E-state index in [2.05, 4.69) is 0 Å². The number of benzene rings is 2. The third kappa shape index (κ3) is 1.89. The van der Waals surface area contributed by atoms with Crippen molar-refractivity contribution in [2.24, 2.45) is 5.92 Å². The lowest BCUT2D eigenvalue weighted by molar-refractivity contribution is -0.171. The zero-order valence-corrected chi connectivity index (χ0v) is 12.6. The maximum Gasteiger partial charge on any atom is 0.292 e. The van der Waals surface area contributed by atoms with Crippen LogP contribution in [0.25, 0.3) is 11.1 Å². The molecule has 0 radical (unpaired) electrons. The van der Waals surface area contributed by atoms with E-state index in [9.17, 15) is 19.6 Å². The third-order valence-corrected chi connectivity index (χ3v) is 4.82. The molecular weight excluding hydrogens is 306 g/mol. The van der Waals surface area contributed by atoms with E-state index in [4.69, 9.17) is 0 Å². The topological polar surface area (TPSA) is 74.7 Å². The summed E-state index contributed by atoms with van der Waals surface area (Å²) >= 11 is 0. The molecule has 4 rings (SSSR count). The quantitative estimate of drug-likeness (QED) is 0.399. The smallest absolute Gasteiger partial charge is 0.278 e. The van der Waals surface area contributed by atoms with Gasteiger partial charge in [-0.15, -0.1) is 0 Å². The van der Waals surface area contributed by atoms with Crippen LogP contribution >= 0.6 is 0 Å². The van der Waals surface area contributed by atoms with Crippen LogP contribution in [0.3, 0.4) is 0 Å². The summed E-state index contributed by atoms with van der Waals surface area (Å²) in [5.41, 5.74) is 3.99. The molecule has 0 aromatic heterocycles. The van der Waals surface area contributed by atoms with Crippen LogP contribution in [0.4, 0.5) is 0 Å². The highest BCUT2D eigenvalue weighted by Crippen LogP contribution is 2.48. The Hall–Kier alpha value is -3.01. The molecule has 1 atom stereocenters. The Labute approximate surface area is 137 Å². The minimum atomic E-state index is -0.973. The molecule has 2 aromatic rings. The van der Waals surface area contributed by atoms with Gasteiger partial charge in [-0.05, 0) is 28.7 Å². The summed E-state index contributed by atoms with van der Waals surface area (Å²) in [6, 6.07) is 15.8. The first-order valence-electron chi connectivity index (χ1n) is 7.64. The fourth-order valence-electron chi connectivity index (χ4n) is 3.72. The predicted molar refractivity (Wildman–Crippen MR) is 84.7 cm³/mol. The molecule has 0 saturated carbocycles. The molecule has 1 heterocycles. The van der Waals surface area contributed by atoms with Crippen molar-refractivity contribution in [2.45, 2.75) is 12.3 Å². The lowest BCUT2D eigenvalue weighted by Crippen LogP contribution is -2.27. The van der Waals surface area contributed by atoms with Gasteiger partial charge in [0.05, 0.1) is 5.92 Å². The average Bonchev–Trinajstić information content (AvgIpc) is 3.04. The minimum absolute atomic E-state index is 0.0255. The normalized spacial score (nSPS) is 19.5. The monoisotopic (exact) mass is 319 g/mol. The molecule has 1 aliphatic heterocycles. The van der Waals surface area contributed by atoms with Crippen LogP contribution in [-0.4, -0.2) is 28.0 Å². The number of hydrogen-bond donors (Lipinski definition) is 1. The summed E-state index contributed by atoms with van der Waals surface area (Å²) in [5, 5.41) is 9.56. The number of rotatable bonds is 2. The van der Waals surface area contributed by atoms with Gasteiger partial charge in [-0.25, -0.2) is 4.79 Å². The van der Waals surface area contributed by atoms with Crippen molar-refractivity contribution in [3.8, 4) is 11.1 Å². The Kier molecular flexibility index (Phi) is 3.20. The van der Waals surface area contributed by atoms with E-state index >= 15 is 0 Å². The van der Waals surface area contributed by atoms with Crippen LogP contribution in [0.2, 0.25) is 0 Å². The van der Waals surface area contributed by atoms with Crippen molar-refractivity contribution >= 4 is 17.8 Å². The molecule has 1 unspecified atom stereocenters. The molecular formula is C19H13NO4. The molecule has 24 heavy (non-hydrogen) atoms. The van der Waals surface area contributed by atoms with Gasteiger partial charge in [-0.3, -0.25) is 14.8 Å². The van der Waals surface area contributed by atoms with Gasteiger partial charge in [-0.2, -0.15) is 5.06 Å². The van der Waals surface area contributed by atoms with Crippen LogP contribution in [0.1, 0.15) is 23.5 Å². The van der Waals surface area contributed by atoms with Gasteiger partial charge in [0, 0.05) is 5.92 Å². The Morgan fingerprint density at radius 3 is 2.00 bits per heavy atom. The maximum atomic E-state index is 12.2. The lowest BCUT2D eigenvalue weighted by atomic mass is 9.85. The van der Waals surface area contributed by atoms with Crippen LogP contribution in [0, 0.1) is 5.92 Å². The number of amides is 2. The van der Waals surface area contributed by atoms with Crippen LogP contribution < -0.4 is 0 Å². The summed E-state index contributed by atoms with van der Waals surface area (Å²) in [6.45, 7) is 0. The second-order valence-corrected chi connectivity index (χ2v) is 5.99. The lowest BCUT2D eigenvalue weighted by Gasteiger charge is -2.16. The first-order valence-corrected chi connectivity index (χ1v) is 7.64. The fraction of sp³-hybridized carbons (Fsp3) is 0.158. The number of imide groups is 1. The van der Waals surface area contributed by atoms with Gasteiger partial charge in [-0.1, -0.05) is 48.5 Å². The van der Waals surface area contributed by atoms with Crippen LogP contribution in [0.5, 0.6) is 0 Å². The van der Waals surface area contributed by atoms with Gasteiger partial charge < -0.3 is 0 Å². The molecule has 1 fully saturated rings. The average molecular weight is 319 g/mol. The van der Waals surface area contributed by atoms with E-state index in [0.717, 1.165) is 22.3 Å². The molecule has 2 aliphatic rings. The summed E-state index contributed by atoms with van der Waals surface area (Å²) in [5.74, 6) is -1.28. The third-order valence-electron chi connectivity index (χ3n) is 4.82. The van der Waals surface area contributed by atoms with Gasteiger partial charge >= 0.3 is 0 Å². The molecule has 0 bridgehead atoms. The number of fused-ring (bicyclic) bond motifs is 3. The molecule has 5 heteroatoms. The van der Waals surface area contributed by atoms with Gasteiger partial charge in [0.1, 0.15) is 11.5 Å². The molecule has 118 valence electrons. The Balaban J connectivity index is 1.79. The Morgan fingerprint density at radius 2 is 1.46 bits per heavy atom. The zero-order valence-electron chi connectivity index (χ0n) is 12.6. The van der Waals surface area contributed by atoms with Crippen molar-refractivity contribution in [1.29, 1.82) is 0 Å². The summed E-state index contributed by atoms with van der Waals surface area (Å²) in [7, 11) is 0. The molecule has 1 N–H and O–H groups in total. The number of carbonyl (C=O) groups excluding carboxylic acids is 3. The highest BCUT2D eigenvalue weighted by atomic mass is 16.5. The van der Waals surface area contributed by atoms with E-state index in [1.165, 1.54) is 0 Å². The fourth-order valence-corrected chi connectivity index (χ4v) is 3.72. The molecule has 1 aliphatic carbocycles. The maximum absolute atomic E-state index is 12.2. The highest BCUT2D eigenvalue weighted by molar-refractivity contribution is 6.17. The van der Waals surface area contributed by atoms with Gasteiger partial charge in [0.2, 0.25) is 0 Å². The van der Waals surface area contributed by atoms with Crippen molar-refractivity contribution in [1.82, 2.24) is 5.06 Å². The molecule has 0 spiro atoms. The number of carbonyl (C=O) groups is 2. The highest BCUT2D eigenvalue weighted by Gasteiger charge is 2.46. The first-order chi connectivity index (χ1) is 11.6.